The van der Waals surface area contributed by atoms with Gasteiger partial charge in [-0.1, -0.05) is 67.6 Å². The van der Waals surface area contributed by atoms with Crippen LogP contribution in [0.5, 0.6) is 0 Å². The van der Waals surface area contributed by atoms with Crippen molar-refractivity contribution in [1.29, 1.82) is 0 Å². The maximum atomic E-state index is 12.4. The van der Waals surface area contributed by atoms with Gasteiger partial charge in [0, 0.05) is 6.42 Å². The lowest BCUT2D eigenvalue weighted by Crippen LogP contribution is -2.32. The number of carbonyl (C=O) groups excluding carboxylic acids is 1. The molecule has 3 nitrogen and oxygen atoms in total. The van der Waals surface area contributed by atoms with Crippen LogP contribution in [0.25, 0.3) is 0 Å². The molecule has 2 rings (SSSR count). The van der Waals surface area contributed by atoms with Gasteiger partial charge in [-0.05, 0) is 31.4 Å². The number of hydrogen-bond acceptors (Lipinski definition) is 3. The molecular formula is C21H26O3. The van der Waals surface area contributed by atoms with Crippen LogP contribution in [0, 0.1) is 5.41 Å². The number of esters is 1. The maximum absolute atomic E-state index is 12.4. The summed E-state index contributed by atoms with van der Waals surface area (Å²) >= 11 is 0. The molecule has 0 saturated heterocycles. The smallest absolute Gasteiger partial charge is 0.313 e. The van der Waals surface area contributed by atoms with Crippen LogP contribution in [0.15, 0.2) is 60.7 Å². The van der Waals surface area contributed by atoms with E-state index in [9.17, 15) is 4.79 Å². The number of hydrogen-bond donors (Lipinski definition) is 0. The number of rotatable bonds is 8. The zero-order valence-corrected chi connectivity index (χ0v) is 14.7. The van der Waals surface area contributed by atoms with Crippen LogP contribution >= 0.6 is 0 Å². The van der Waals surface area contributed by atoms with Gasteiger partial charge < -0.3 is 9.47 Å². The molecule has 0 radical (unpaired) electrons. The van der Waals surface area contributed by atoms with Gasteiger partial charge in [0.05, 0.1) is 12.0 Å². The fourth-order valence-electron chi connectivity index (χ4n) is 2.13. The average molecular weight is 326 g/mol. The third-order valence-electron chi connectivity index (χ3n) is 4.20. The minimum Gasteiger partial charge on any atom is -0.435 e. The van der Waals surface area contributed by atoms with Crippen molar-refractivity contribution in [2.75, 3.05) is 0 Å². The Bertz CT molecular complexity index is 620. The SMILES string of the molecule is CCC(C)(C)C(=O)OC(Cc1ccccc1)OCc1ccccc1. The molecule has 0 N–H and O–H groups in total. The summed E-state index contributed by atoms with van der Waals surface area (Å²) in [5.41, 5.74) is 1.63. The van der Waals surface area contributed by atoms with E-state index in [2.05, 4.69) is 0 Å². The lowest BCUT2D eigenvalue weighted by molar-refractivity contribution is -0.190. The Morgan fingerprint density at radius 3 is 2.04 bits per heavy atom. The standard InChI is InChI=1S/C21H26O3/c1-4-21(2,3)20(22)24-19(15-17-11-7-5-8-12-17)23-16-18-13-9-6-10-14-18/h5-14,19H,4,15-16H2,1-3H3. The summed E-state index contributed by atoms with van der Waals surface area (Å²) in [6, 6.07) is 19.8. The third kappa shape index (κ3) is 5.50. The molecule has 1 atom stereocenters. The molecule has 0 heterocycles. The van der Waals surface area contributed by atoms with Crippen LogP contribution < -0.4 is 0 Å². The average Bonchev–Trinajstić information content (AvgIpc) is 2.61. The molecule has 0 spiro atoms. The molecule has 0 aromatic heterocycles. The molecule has 0 fully saturated rings. The van der Waals surface area contributed by atoms with Crippen molar-refractivity contribution in [1.82, 2.24) is 0 Å². The van der Waals surface area contributed by atoms with Crippen LogP contribution in [0.3, 0.4) is 0 Å². The fourth-order valence-corrected chi connectivity index (χ4v) is 2.13. The van der Waals surface area contributed by atoms with E-state index in [4.69, 9.17) is 9.47 Å². The maximum Gasteiger partial charge on any atom is 0.313 e. The quantitative estimate of drug-likeness (QED) is 0.518. The number of carbonyl (C=O) groups is 1. The second-order valence-corrected chi connectivity index (χ2v) is 6.56. The van der Waals surface area contributed by atoms with Crippen molar-refractivity contribution in [2.45, 2.75) is 46.5 Å². The van der Waals surface area contributed by atoms with Crippen molar-refractivity contribution in [2.24, 2.45) is 5.41 Å². The predicted octanol–water partition coefficient (Wildman–Crippen LogP) is 4.75. The molecule has 0 amide bonds. The zero-order chi connectivity index (χ0) is 17.4. The summed E-state index contributed by atoms with van der Waals surface area (Å²) in [5, 5.41) is 0. The van der Waals surface area contributed by atoms with Crippen LogP contribution in [-0.2, 0) is 27.3 Å². The van der Waals surface area contributed by atoms with E-state index in [-0.39, 0.29) is 5.97 Å². The zero-order valence-electron chi connectivity index (χ0n) is 14.7. The van der Waals surface area contributed by atoms with Gasteiger partial charge in [0.25, 0.3) is 0 Å². The normalized spacial score (nSPS) is 12.6. The van der Waals surface area contributed by atoms with E-state index >= 15 is 0 Å². The van der Waals surface area contributed by atoms with E-state index in [0.717, 1.165) is 17.5 Å². The van der Waals surface area contributed by atoms with E-state index in [1.54, 1.807) is 0 Å². The molecule has 1 unspecified atom stereocenters. The van der Waals surface area contributed by atoms with Crippen molar-refractivity contribution < 1.29 is 14.3 Å². The van der Waals surface area contributed by atoms with Crippen molar-refractivity contribution >= 4 is 5.97 Å². The second kappa shape index (κ2) is 8.65. The van der Waals surface area contributed by atoms with E-state index in [0.29, 0.717) is 13.0 Å². The summed E-state index contributed by atoms with van der Waals surface area (Å²) in [4.78, 5) is 12.4. The van der Waals surface area contributed by atoms with Gasteiger partial charge >= 0.3 is 5.97 Å². The molecule has 24 heavy (non-hydrogen) atoms. The highest BCUT2D eigenvalue weighted by molar-refractivity contribution is 5.75. The van der Waals surface area contributed by atoms with E-state index < -0.39 is 11.7 Å². The Morgan fingerprint density at radius 1 is 0.958 bits per heavy atom. The summed E-state index contributed by atoms with van der Waals surface area (Å²) < 4.78 is 11.6. The first kappa shape index (κ1) is 18.2. The largest absolute Gasteiger partial charge is 0.435 e. The highest BCUT2D eigenvalue weighted by Gasteiger charge is 2.30. The fraction of sp³-hybridized carbons (Fsp3) is 0.381. The van der Waals surface area contributed by atoms with Crippen molar-refractivity contribution in [3.05, 3.63) is 71.8 Å². The Labute approximate surface area is 144 Å². The summed E-state index contributed by atoms with van der Waals surface area (Å²) in [6.45, 7) is 6.19. The Balaban J connectivity index is 2.04. The lowest BCUT2D eigenvalue weighted by atomic mass is 9.91. The van der Waals surface area contributed by atoms with Gasteiger partial charge in [-0.15, -0.1) is 0 Å². The molecule has 2 aromatic rings. The van der Waals surface area contributed by atoms with Gasteiger partial charge in [-0.25, -0.2) is 0 Å². The molecule has 3 heteroatoms. The van der Waals surface area contributed by atoms with Crippen LogP contribution in [-0.4, -0.2) is 12.3 Å². The van der Waals surface area contributed by atoms with Gasteiger partial charge in [-0.3, -0.25) is 4.79 Å². The highest BCUT2D eigenvalue weighted by Crippen LogP contribution is 2.23. The van der Waals surface area contributed by atoms with Gasteiger partial charge in [-0.2, -0.15) is 0 Å². The molecule has 2 aromatic carbocycles. The van der Waals surface area contributed by atoms with E-state index in [1.165, 1.54) is 0 Å². The first-order valence-electron chi connectivity index (χ1n) is 8.42. The summed E-state index contributed by atoms with van der Waals surface area (Å²) in [7, 11) is 0. The molecule has 0 aliphatic carbocycles. The Kier molecular flexibility index (Phi) is 6.56. The lowest BCUT2D eigenvalue weighted by Gasteiger charge is -2.25. The minimum absolute atomic E-state index is 0.223. The predicted molar refractivity (Wildman–Crippen MR) is 95.3 cm³/mol. The van der Waals surface area contributed by atoms with Gasteiger partial charge in [0.15, 0.2) is 0 Å². The first-order valence-corrected chi connectivity index (χ1v) is 8.42. The second-order valence-electron chi connectivity index (χ2n) is 6.56. The van der Waals surface area contributed by atoms with Gasteiger partial charge in [0.1, 0.15) is 0 Å². The summed E-state index contributed by atoms with van der Waals surface area (Å²) in [5.74, 6) is -0.223. The monoisotopic (exact) mass is 326 g/mol. The molecular weight excluding hydrogens is 300 g/mol. The van der Waals surface area contributed by atoms with Gasteiger partial charge in [0.2, 0.25) is 6.29 Å². The molecule has 0 saturated carbocycles. The first-order chi connectivity index (χ1) is 11.5. The molecule has 0 aliphatic rings. The van der Waals surface area contributed by atoms with Crippen molar-refractivity contribution in [3.63, 3.8) is 0 Å². The molecule has 0 aliphatic heterocycles. The molecule has 128 valence electrons. The number of benzene rings is 2. The Hall–Kier alpha value is -2.13. The number of ether oxygens (including phenoxy) is 2. The third-order valence-corrected chi connectivity index (χ3v) is 4.20. The topological polar surface area (TPSA) is 35.5 Å². The Morgan fingerprint density at radius 2 is 1.50 bits per heavy atom. The highest BCUT2D eigenvalue weighted by atomic mass is 16.7. The van der Waals surface area contributed by atoms with Crippen LogP contribution in [0.4, 0.5) is 0 Å². The van der Waals surface area contributed by atoms with E-state index in [1.807, 2.05) is 81.4 Å². The van der Waals surface area contributed by atoms with Crippen LogP contribution in [0.1, 0.15) is 38.3 Å². The summed E-state index contributed by atoms with van der Waals surface area (Å²) in [6.07, 6.45) is 0.674. The molecule has 0 bridgehead atoms. The van der Waals surface area contributed by atoms with Crippen LogP contribution in [0.2, 0.25) is 0 Å². The minimum atomic E-state index is -0.592. The van der Waals surface area contributed by atoms with Crippen molar-refractivity contribution in [3.8, 4) is 0 Å².